The van der Waals surface area contributed by atoms with Crippen LogP contribution in [0, 0.1) is 0 Å². The van der Waals surface area contributed by atoms with Crippen molar-refractivity contribution in [2.24, 2.45) is 4.99 Å². The van der Waals surface area contributed by atoms with E-state index in [4.69, 9.17) is 4.99 Å². The predicted molar refractivity (Wildman–Crippen MR) is 305 cm³/mol. The predicted octanol–water partition coefficient (Wildman–Crippen LogP) is 18.0. The van der Waals surface area contributed by atoms with Crippen molar-refractivity contribution in [2.45, 2.75) is 329 Å². The lowest BCUT2D eigenvalue weighted by atomic mass is 10.0. The van der Waals surface area contributed by atoms with Crippen LogP contribution in [-0.4, -0.2) is 79.8 Å². The van der Waals surface area contributed by atoms with Crippen LogP contribution in [0.25, 0.3) is 0 Å². The van der Waals surface area contributed by atoms with Gasteiger partial charge in [-0.15, -0.1) is 0 Å². The van der Waals surface area contributed by atoms with Crippen LogP contribution < -0.4 is 10.6 Å². The number of rotatable bonds is 57. The Morgan fingerprint density at radius 1 is 0.420 bits per heavy atom. The quantitative estimate of drug-likeness (QED) is 0.0596. The molecular weight excluding hydrogens is 847 g/mol. The lowest BCUT2D eigenvalue weighted by Crippen LogP contribution is -2.43. The monoisotopic (exact) mass is 970 g/mol. The Morgan fingerprint density at radius 2 is 0.768 bits per heavy atom. The molecule has 0 aromatic heterocycles. The number of amidine groups is 1. The van der Waals surface area contributed by atoms with Gasteiger partial charge < -0.3 is 20.4 Å². The van der Waals surface area contributed by atoms with E-state index in [-0.39, 0.29) is 5.91 Å². The zero-order chi connectivity index (χ0) is 49.6. The van der Waals surface area contributed by atoms with E-state index in [0.29, 0.717) is 25.3 Å². The fourth-order valence-corrected chi connectivity index (χ4v) is 10.4. The minimum absolute atomic E-state index is 0.180. The van der Waals surface area contributed by atoms with E-state index < -0.39 is 0 Å². The Morgan fingerprint density at radius 3 is 1.16 bits per heavy atom. The number of nitrogens with zero attached hydrogens (tertiary/aromatic N) is 3. The van der Waals surface area contributed by atoms with Gasteiger partial charge in [0.15, 0.2) is 0 Å². The maximum atomic E-state index is 13.7. The van der Waals surface area contributed by atoms with Crippen molar-refractivity contribution in [1.82, 2.24) is 20.4 Å². The fourth-order valence-electron chi connectivity index (χ4n) is 10.4. The summed E-state index contributed by atoms with van der Waals surface area (Å²) in [4.78, 5) is 35.7. The van der Waals surface area contributed by atoms with Gasteiger partial charge in [0, 0.05) is 65.1 Å². The van der Waals surface area contributed by atoms with E-state index in [1.54, 1.807) is 0 Å². The molecule has 0 aromatic carbocycles. The van der Waals surface area contributed by atoms with Gasteiger partial charge in [-0.25, -0.2) is 0 Å². The van der Waals surface area contributed by atoms with Gasteiger partial charge >= 0.3 is 0 Å². The summed E-state index contributed by atoms with van der Waals surface area (Å²) in [6, 6.07) is 0. The molecule has 0 radical (unpaired) electrons. The van der Waals surface area contributed by atoms with Gasteiger partial charge in [0.1, 0.15) is 0 Å². The van der Waals surface area contributed by atoms with Crippen LogP contribution in [0.5, 0.6) is 0 Å². The molecule has 0 saturated carbocycles. The van der Waals surface area contributed by atoms with E-state index in [9.17, 15) is 9.59 Å². The summed E-state index contributed by atoms with van der Waals surface area (Å²) in [7, 11) is 0. The van der Waals surface area contributed by atoms with Gasteiger partial charge in [-0.3, -0.25) is 14.6 Å². The molecule has 1 rings (SSSR count). The molecule has 0 saturated heterocycles. The van der Waals surface area contributed by atoms with Crippen LogP contribution in [0.15, 0.2) is 4.99 Å². The summed E-state index contributed by atoms with van der Waals surface area (Å²) < 4.78 is 0. The maximum Gasteiger partial charge on any atom is 0.222 e. The molecule has 0 aromatic rings. The molecule has 2 N–H and O–H groups in total. The molecule has 0 unspecified atom stereocenters. The number of amides is 2. The molecule has 0 fully saturated rings. The molecule has 2 amide bonds. The number of aliphatic imine (C=N–C) groups is 1. The smallest absolute Gasteiger partial charge is 0.222 e. The van der Waals surface area contributed by atoms with Crippen LogP contribution in [0.3, 0.4) is 0 Å². The highest BCUT2D eigenvalue weighted by Gasteiger charge is 2.20. The second-order valence-corrected chi connectivity index (χ2v) is 21.9. The van der Waals surface area contributed by atoms with Crippen LogP contribution in [0.2, 0.25) is 0 Å². The van der Waals surface area contributed by atoms with Crippen molar-refractivity contribution in [2.75, 3.05) is 52.4 Å². The number of hydrogen-bond donors (Lipinski definition) is 2. The molecule has 0 atom stereocenters. The third kappa shape index (κ3) is 45.9. The molecular formula is C62H123N5O2. The topological polar surface area (TPSA) is 77.0 Å². The average molecular weight is 971 g/mol. The summed E-state index contributed by atoms with van der Waals surface area (Å²) in [5.74, 6) is 1.76. The van der Waals surface area contributed by atoms with Gasteiger partial charge in [-0.05, 0) is 19.3 Å². The standard InChI is InChI=1S/C62H123N5O2/c1-4-7-10-13-16-19-22-25-28-31-34-37-40-43-46-49-60-64-55-57-66(60)58-59-67(62(69)51-48-45-42-39-36-33-30-27-24-21-18-15-12-9-6-3)56-54-63-52-53-65-61(68)50-47-44-41-38-35-32-29-26-23-20-17-14-11-8-5-2/h63H,4-59H2,1-3H3,(H,65,68). The summed E-state index contributed by atoms with van der Waals surface area (Å²) in [5, 5.41) is 6.66. The molecule has 0 spiro atoms. The molecule has 7 nitrogen and oxygen atoms in total. The fraction of sp³-hybridized carbons (Fsp3) is 0.952. The molecule has 1 aliphatic heterocycles. The SMILES string of the molecule is CCCCCCCCCCCCCCCCCC(=O)NCCNCCN(CCN1CCN=C1CCCCCCCCCCCCCCCCC)C(=O)CCCCCCCCCCCCCCCCC. The molecule has 7 heteroatoms. The second-order valence-electron chi connectivity index (χ2n) is 21.9. The van der Waals surface area contributed by atoms with E-state index in [1.807, 2.05) is 0 Å². The van der Waals surface area contributed by atoms with Gasteiger partial charge in [0.05, 0.1) is 12.4 Å². The zero-order valence-corrected chi connectivity index (χ0v) is 47.3. The van der Waals surface area contributed by atoms with Gasteiger partial charge in [-0.1, -0.05) is 290 Å². The summed E-state index contributed by atoms with van der Waals surface area (Å²) >= 11 is 0. The number of carbonyl (C=O) groups is 2. The molecule has 69 heavy (non-hydrogen) atoms. The third-order valence-electron chi connectivity index (χ3n) is 15.2. The van der Waals surface area contributed by atoms with Crippen LogP contribution in [0.4, 0.5) is 0 Å². The largest absolute Gasteiger partial charge is 0.357 e. The summed E-state index contributed by atoms with van der Waals surface area (Å²) in [6.07, 6.45) is 63.5. The lowest BCUT2D eigenvalue weighted by molar-refractivity contribution is -0.131. The van der Waals surface area contributed by atoms with Crippen molar-refractivity contribution >= 4 is 17.6 Å². The molecule has 0 aliphatic carbocycles. The van der Waals surface area contributed by atoms with Crippen LogP contribution >= 0.6 is 0 Å². The van der Waals surface area contributed by atoms with Crippen molar-refractivity contribution in [3.05, 3.63) is 0 Å². The van der Waals surface area contributed by atoms with Crippen LogP contribution in [0.1, 0.15) is 329 Å². The highest BCUT2D eigenvalue weighted by atomic mass is 16.2. The van der Waals surface area contributed by atoms with E-state index in [0.717, 1.165) is 77.9 Å². The second kappa shape index (κ2) is 54.2. The lowest BCUT2D eigenvalue weighted by Gasteiger charge is -2.27. The highest BCUT2D eigenvalue weighted by molar-refractivity contribution is 5.83. The Balaban J connectivity index is 2.29. The van der Waals surface area contributed by atoms with Crippen LogP contribution in [-0.2, 0) is 9.59 Å². The Kier molecular flexibility index (Phi) is 51.3. The Labute approximate surface area is 432 Å². The number of hydrogen-bond acceptors (Lipinski definition) is 5. The number of nitrogens with one attached hydrogen (secondary N) is 2. The minimum atomic E-state index is 0.180. The highest BCUT2D eigenvalue weighted by Crippen LogP contribution is 2.18. The molecule has 1 heterocycles. The first kappa shape index (κ1) is 65.4. The van der Waals surface area contributed by atoms with Gasteiger partial charge in [0.2, 0.25) is 11.8 Å². The summed E-state index contributed by atoms with van der Waals surface area (Å²) in [5.41, 5.74) is 0. The molecule has 1 aliphatic rings. The van der Waals surface area contributed by atoms with Gasteiger partial charge in [0.25, 0.3) is 0 Å². The minimum Gasteiger partial charge on any atom is -0.357 e. The first-order valence-corrected chi connectivity index (χ1v) is 31.7. The van der Waals surface area contributed by atoms with Gasteiger partial charge in [-0.2, -0.15) is 0 Å². The summed E-state index contributed by atoms with van der Waals surface area (Å²) in [6.45, 7) is 13.3. The molecule has 408 valence electrons. The Bertz CT molecular complexity index is 1100. The first-order chi connectivity index (χ1) is 34.1. The van der Waals surface area contributed by atoms with E-state index in [2.05, 4.69) is 41.2 Å². The zero-order valence-electron chi connectivity index (χ0n) is 47.3. The van der Waals surface area contributed by atoms with Crippen molar-refractivity contribution in [3.8, 4) is 0 Å². The maximum absolute atomic E-state index is 13.7. The van der Waals surface area contributed by atoms with Crippen molar-refractivity contribution < 1.29 is 9.59 Å². The van der Waals surface area contributed by atoms with Crippen molar-refractivity contribution in [1.29, 1.82) is 0 Å². The normalized spacial score (nSPS) is 12.6. The molecule has 0 bridgehead atoms. The first-order valence-electron chi connectivity index (χ1n) is 31.7. The van der Waals surface area contributed by atoms with E-state index in [1.165, 1.54) is 269 Å². The average Bonchev–Trinajstić information content (AvgIpc) is 3.81. The Hall–Kier alpha value is -1.63. The van der Waals surface area contributed by atoms with E-state index >= 15 is 0 Å². The van der Waals surface area contributed by atoms with Crippen molar-refractivity contribution in [3.63, 3.8) is 0 Å². The number of unbranched alkanes of at least 4 members (excludes halogenated alkanes) is 42. The third-order valence-corrected chi connectivity index (χ3v) is 15.2. The number of carbonyl (C=O) groups excluding carboxylic acids is 2.